The number of nitrogens with zero attached hydrogens (tertiary/aromatic N) is 2. The van der Waals surface area contributed by atoms with Crippen LogP contribution in [0.15, 0.2) is 59.6 Å². The van der Waals surface area contributed by atoms with Crippen LogP contribution >= 0.6 is 0 Å². The van der Waals surface area contributed by atoms with E-state index in [2.05, 4.69) is 13.8 Å². The molecule has 1 aromatic heterocycles. The maximum atomic E-state index is 14.2. The maximum absolute atomic E-state index is 14.2. The van der Waals surface area contributed by atoms with Gasteiger partial charge in [-0.25, -0.2) is 29.5 Å². The third-order valence-electron chi connectivity index (χ3n) is 9.37. The first-order valence-electron chi connectivity index (χ1n) is 12.6. The standard InChI is InChI=1S/C28H29FN2O5S2/c1-18-4-8-22(9-5-18)38(35,36)30-16-19(23-15-21(29)7-10-24(23)30)6-11-26(32)31-25-14-20-12-13-28(25,27(20,2)3)17-37(31,33)34/h4-11,15-16,20,25H,12-14,17H2,1-3H3. The molecule has 200 valence electrons. The number of fused-ring (bicyclic) bond motifs is 2. The predicted octanol–water partition coefficient (Wildman–Crippen LogP) is 4.71. The number of hydrogen-bond donors (Lipinski definition) is 0. The van der Waals surface area contributed by atoms with Crippen LogP contribution in [0.3, 0.4) is 0 Å². The van der Waals surface area contributed by atoms with Crippen LogP contribution in [-0.4, -0.2) is 42.8 Å². The zero-order valence-corrected chi connectivity index (χ0v) is 23.0. The Labute approximate surface area is 222 Å². The third kappa shape index (κ3) is 3.38. The molecule has 0 N–H and O–H groups in total. The second-order valence-corrected chi connectivity index (χ2v) is 15.1. The summed E-state index contributed by atoms with van der Waals surface area (Å²) < 4.78 is 69.6. The Bertz CT molecular complexity index is 1740. The number of aromatic nitrogens is 1. The highest BCUT2D eigenvalue weighted by Gasteiger charge is 2.72. The number of halogens is 1. The van der Waals surface area contributed by atoms with Crippen LogP contribution < -0.4 is 0 Å². The Hall–Kier alpha value is -2.98. The highest BCUT2D eigenvalue weighted by molar-refractivity contribution is 7.90. The van der Waals surface area contributed by atoms with E-state index >= 15 is 0 Å². The van der Waals surface area contributed by atoms with Crippen LogP contribution in [0.25, 0.3) is 17.0 Å². The van der Waals surface area contributed by atoms with Crippen molar-refractivity contribution in [3.05, 3.63) is 71.7 Å². The van der Waals surface area contributed by atoms with Gasteiger partial charge in [0.25, 0.3) is 15.9 Å². The van der Waals surface area contributed by atoms with Gasteiger partial charge in [-0.1, -0.05) is 31.5 Å². The smallest absolute Gasteiger partial charge is 0.268 e. The van der Waals surface area contributed by atoms with Gasteiger partial charge in [-0.15, -0.1) is 0 Å². The summed E-state index contributed by atoms with van der Waals surface area (Å²) in [5.74, 6) is -0.881. The summed E-state index contributed by atoms with van der Waals surface area (Å²) >= 11 is 0. The van der Waals surface area contributed by atoms with Gasteiger partial charge < -0.3 is 0 Å². The Balaban J connectivity index is 1.39. The number of carbonyl (C=O) groups is 1. The second kappa shape index (κ2) is 8.02. The lowest BCUT2D eigenvalue weighted by molar-refractivity contribution is -0.123. The topological polar surface area (TPSA) is 93.5 Å². The number of rotatable bonds is 4. The molecular weight excluding hydrogens is 527 g/mol. The predicted molar refractivity (Wildman–Crippen MR) is 143 cm³/mol. The Morgan fingerprint density at radius 2 is 1.84 bits per heavy atom. The highest BCUT2D eigenvalue weighted by Crippen LogP contribution is 2.70. The third-order valence-corrected chi connectivity index (χ3v) is 13.0. The first kappa shape index (κ1) is 25.3. The van der Waals surface area contributed by atoms with Gasteiger partial charge in [0.05, 0.1) is 22.2 Å². The fraction of sp³-hybridized carbons (Fsp3) is 0.393. The van der Waals surface area contributed by atoms with Crippen molar-refractivity contribution in [3.63, 3.8) is 0 Å². The molecule has 3 atom stereocenters. The molecule has 1 spiro atoms. The van der Waals surface area contributed by atoms with Crippen molar-refractivity contribution in [2.45, 2.75) is 51.0 Å². The quantitative estimate of drug-likeness (QED) is 0.434. The Morgan fingerprint density at radius 3 is 2.53 bits per heavy atom. The fourth-order valence-corrected chi connectivity index (χ4v) is 11.1. The fourth-order valence-electron chi connectivity index (χ4n) is 7.17. The molecule has 3 aromatic rings. The summed E-state index contributed by atoms with van der Waals surface area (Å²) in [7, 11) is -7.81. The monoisotopic (exact) mass is 556 g/mol. The SMILES string of the molecule is Cc1ccc(S(=O)(=O)n2cc(C=CC(=O)N3C4CC5CCC4(CS3(=O)=O)C5(C)C)c3cc(F)ccc32)cc1. The van der Waals surface area contributed by atoms with Crippen molar-refractivity contribution in [1.29, 1.82) is 0 Å². The van der Waals surface area contributed by atoms with Crippen molar-refractivity contribution in [2.75, 3.05) is 5.75 Å². The van der Waals surface area contributed by atoms with Crippen LogP contribution in [0.2, 0.25) is 0 Å². The summed E-state index contributed by atoms with van der Waals surface area (Å²) in [4.78, 5) is 13.5. The van der Waals surface area contributed by atoms with Gasteiger partial charge in [0, 0.05) is 28.6 Å². The molecule has 3 aliphatic rings. The largest absolute Gasteiger partial charge is 0.269 e. The molecule has 2 aliphatic carbocycles. The van der Waals surface area contributed by atoms with E-state index in [4.69, 9.17) is 0 Å². The molecule has 7 nitrogen and oxygen atoms in total. The molecule has 2 bridgehead atoms. The van der Waals surface area contributed by atoms with Crippen molar-refractivity contribution in [1.82, 2.24) is 8.28 Å². The second-order valence-electron chi connectivity index (χ2n) is 11.4. The van der Waals surface area contributed by atoms with E-state index in [9.17, 15) is 26.0 Å². The molecular formula is C28H29FN2O5S2. The average molecular weight is 557 g/mol. The Morgan fingerprint density at radius 1 is 1.13 bits per heavy atom. The van der Waals surface area contributed by atoms with Crippen molar-refractivity contribution >= 4 is 42.9 Å². The zero-order valence-electron chi connectivity index (χ0n) is 21.4. The normalized spacial score (nSPS) is 27.4. The summed E-state index contributed by atoms with van der Waals surface area (Å²) in [6.07, 6.45) is 6.29. The summed E-state index contributed by atoms with van der Waals surface area (Å²) in [6, 6.07) is 9.78. The van der Waals surface area contributed by atoms with E-state index in [1.54, 1.807) is 12.1 Å². The molecule has 3 fully saturated rings. The summed E-state index contributed by atoms with van der Waals surface area (Å²) in [6.45, 7) is 6.08. The number of sulfonamides is 1. The van der Waals surface area contributed by atoms with Gasteiger partial charge in [0.15, 0.2) is 0 Å². The molecule has 38 heavy (non-hydrogen) atoms. The van der Waals surface area contributed by atoms with Gasteiger partial charge in [0.1, 0.15) is 5.82 Å². The molecule has 10 heteroatoms. The van der Waals surface area contributed by atoms with Crippen molar-refractivity contribution in [3.8, 4) is 0 Å². The number of aryl methyl sites for hydroxylation is 1. The summed E-state index contributed by atoms with van der Waals surface area (Å²) in [5.41, 5.74) is 0.841. The molecule has 1 saturated heterocycles. The minimum atomic E-state index is -4.01. The molecule has 1 aliphatic heterocycles. The molecule has 6 rings (SSSR count). The maximum Gasteiger partial charge on any atom is 0.268 e. The average Bonchev–Trinajstić information content (AvgIpc) is 3.47. The van der Waals surface area contributed by atoms with E-state index in [1.807, 2.05) is 6.92 Å². The molecule has 2 saturated carbocycles. The van der Waals surface area contributed by atoms with Crippen molar-refractivity contribution in [2.24, 2.45) is 16.7 Å². The minimum Gasteiger partial charge on any atom is -0.269 e. The summed E-state index contributed by atoms with van der Waals surface area (Å²) in [5, 5.41) is 0.298. The molecule has 2 heterocycles. The van der Waals surface area contributed by atoms with Gasteiger partial charge in [0.2, 0.25) is 10.0 Å². The van der Waals surface area contributed by atoms with Gasteiger partial charge in [-0.3, -0.25) is 4.79 Å². The van der Waals surface area contributed by atoms with Gasteiger partial charge >= 0.3 is 0 Å². The van der Waals surface area contributed by atoms with E-state index in [-0.39, 0.29) is 27.6 Å². The van der Waals surface area contributed by atoms with Gasteiger partial charge in [-0.05, 0) is 73.9 Å². The van der Waals surface area contributed by atoms with E-state index in [0.29, 0.717) is 23.3 Å². The lowest BCUT2D eigenvalue weighted by Gasteiger charge is -2.36. The highest BCUT2D eigenvalue weighted by atomic mass is 32.2. The number of carbonyl (C=O) groups excluding carboxylic acids is 1. The van der Waals surface area contributed by atoms with Crippen LogP contribution in [0.1, 0.15) is 44.2 Å². The zero-order chi connectivity index (χ0) is 27.3. The van der Waals surface area contributed by atoms with Crippen LogP contribution in [0, 0.1) is 29.5 Å². The van der Waals surface area contributed by atoms with Crippen LogP contribution in [-0.2, 0) is 24.8 Å². The van der Waals surface area contributed by atoms with E-state index in [1.165, 1.54) is 42.6 Å². The van der Waals surface area contributed by atoms with E-state index < -0.39 is 37.2 Å². The van der Waals surface area contributed by atoms with E-state index in [0.717, 1.165) is 32.8 Å². The number of benzene rings is 2. The van der Waals surface area contributed by atoms with Crippen LogP contribution in [0.5, 0.6) is 0 Å². The molecule has 0 radical (unpaired) electrons. The first-order chi connectivity index (χ1) is 17.8. The number of amides is 1. The molecule has 3 unspecified atom stereocenters. The number of hydrogen-bond acceptors (Lipinski definition) is 5. The lowest BCUT2D eigenvalue weighted by atomic mass is 9.69. The lowest BCUT2D eigenvalue weighted by Crippen LogP contribution is -2.43. The first-order valence-corrected chi connectivity index (χ1v) is 15.7. The van der Waals surface area contributed by atoms with Crippen LogP contribution in [0.4, 0.5) is 4.39 Å². The molecule has 2 aromatic carbocycles. The minimum absolute atomic E-state index is 0.0347. The Kier molecular flexibility index (Phi) is 5.34. The molecule has 1 amide bonds. The van der Waals surface area contributed by atoms with Gasteiger partial charge in [-0.2, -0.15) is 0 Å². The van der Waals surface area contributed by atoms with Crippen molar-refractivity contribution < 1.29 is 26.0 Å².